The van der Waals surface area contributed by atoms with Gasteiger partial charge >= 0.3 is 5.97 Å². The maximum absolute atomic E-state index is 11.4. The molecular weight excluding hydrogens is 392 g/mol. The molecule has 5 heteroatoms. The van der Waals surface area contributed by atoms with Crippen LogP contribution in [0, 0.1) is 5.92 Å². The molecule has 1 fully saturated rings. The van der Waals surface area contributed by atoms with Crippen LogP contribution in [0.15, 0.2) is 12.2 Å². The zero-order valence-electron chi connectivity index (χ0n) is 20.8. The zero-order valence-corrected chi connectivity index (χ0v) is 21.8. The lowest BCUT2D eigenvalue weighted by Gasteiger charge is -2.39. The van der Waals surface area contributed by atoms with Gasteiger partial charge in [0.2, 0.25) is 0 Å². The number of allylic oxidation sites excluding steroid dienone is 1. The minimum atomic E-state index is -1.82. The van der Waals surface area contributed by atoms with Gasteiger partial charge in [-0.05, 0) is 62.6 Å². The Kier molecular flexibility index (Phi) is 11.3. The first-order valence-corrected chi connectivity index (χ1v) is 15.0. The number of carbonyl (C=O) groups is 1. The highest BCUT2D eigenvalue weighted by atomic mass is 28.4. The van der Waals surface area contributed by atoms with E-state index in [1.165, 1.54) is 26.4 Å². The summed E-state index contributed by atoms with van der Waals surface area (Å²) >= 11 is 0. The average molecular weight is 441 g/mol. The predicted molar refractivity (Wildman–Crippen MR) is 128 cm³/mol. The predicted octanol–water partition coefficient (Wildman–Crippen LogP) is 6.78. The van der Waals surface area contributed by atoms with Gasteiger partial charge in [-0.3, -0.25) is 4.79 Å². The lowest BCUT2D eigenvalue weighted by molar-refractivity contribution is -0.141. The third kappa shape index (κ3) is 9.65. The number of ether oxygens (including phenoxy) is 1. The molecule has 4 nitrogen and oxygen atoms in total. The molecule has 0 aromatic carbocycles. The first-order chi connectivity index (χ1) is 13.9. The number of hydrogen-bond acceptors (Lipinski definition) is 4. The summed E-state index contributed by atoms with van der Waals surface area (Å²) in [5, 5.41) is 11.3. The molecule has 1 saturated carbocycles. The van der Waals surface area contributed by atoms with Crippen LogP contribution >= 0.6 is 0 Å². The van der Waals surface area contributed by atoms with Gasteiger partial charge in [0.15, 0.2) is 8.32 Å². The molecule has 176 valence electrons. The monoisotopic (exact) mass is 440 g/mol. The molecule has 0 amide bonds. The van der Waals surface area contributed by atoms with Crippen molar-refractivity contribution in [2.24, 2.45) is 5.92 Å². The second-order valence-electron chi connectivity index (χ2n) is 10.8. The first kappa shape index (κ1) is 27.4. The molecule has 1 rings (SSSR count). The third-order valence-corrected chi connectivity index (χ3v) is 11.6. The van der Waals surface area contributed by atoms with E-state index in [1.807, 2.05) is 0 Å². The number of carbonyl (C=O) groups excluding carboxylic acids is 1. The van der Waals surface area contributed by atoms with Crippen LogP contribution in [0.25, 0.3) is 0 Å². The summed E-state index contributed by atoms with van der Waals surface area (Å²) in [6, 6.07) is 0. The van der Waals surface area contributed by atoms with E-state index in [9.17, 15) is 9.90 Å². The molecule has 0 spiro atoms. The van der Waals surface area contributed by atoms with Gasteiger partial charge in [-0.15, -0.1) is 0 Å². The zero-order chi connectivity index (χ0) is 22.8. The standard InChI is InChI=1S/C25H48O4Si/c1-8-9-10-14-22(29-30(6,7)24(2,3)4)17-16-21-13-11-18-25(27,20-21)19-12-15-23(26)28-5/h16-17,21-22,27H,8-15,18-20H2,1-7H3/t21-,22?,25-/m1/s1. The van der Waals surface area contributed by atoms with Crippen LogP contribution in [0.3, 0.4) is 0 Å². The fourth-order valence-electron chi connectivity index (χ4n) is 4.07. The van der Waals surface area contributed by atoms with Crippen molar-refractivity contribution in [2.75, 3.05) is 7.11 Å². The average Bonchev–Trinajstić information content (AvgIpc) is 2.65. The minimum Gasteiger partial charge on any atom is -0.469 e. The van der Waals surface area contributed by atoms with Crippen LogP contribution in [-0.4, -0.2) is 38.2 Å². The molecule has 30 heavy (non-hydrogen) atoms. The largest absolute Gasteiger partial charge is 0.469 e. The number of rotatable bonds is 12. The fourth-order valence-corrected chi connectivity index (χ4v) is 5.37. The summed E-state index contributed by atoms with van der Waals surface area (Å²) < 4.78 is 11.5. The number of aliphatic hydroxyl groups is 1. The Balaban J connectivity index is 2.72. The van der Waals surface area contributed by atoms with Gasteiger partial charge in [0.1, 0.15) is 0 Å². The minimum absolute atomic E-state index is 0.173. The van der Waals surface area contributed by atoms with Crippen molar-refractivity contribution >= 4 is 14.3 Å². The molecule has 1 unspecified atom stereocenters. The molecule has 1 aliphatic carbocycles. The Morgan fingerprint density at radius 2 is 1.97 bits per heavy atom. The lowest BCUT2D eigenvalue weighted by Crippen LogP contribution is -2.43. The van der Waals surface area contributed by atoms with Gasteiger partial charge in [-0.25, -0.2) is 0 Å². The quantitative estimate of drug-likeness (QED) is 0.157. The SMILES string of the molecule is CCCCCC(C=C[C@H]1CCC[C@@](O)(CCCC(=O)OC)C1)O[Si](C)(C)C(C)(C)C. The molecule has 0 aliphatic heterocycles. The van der Waals surface area contributed by atoms with Crippen molar-refractivity contribution in [2.45, 2.75) is 128 Å². The van der Waals surface area contributed by atoms with Crippen LogP contribution in [0.2, 0.25) is 18.1 Å². The van der Waals surface area contributed by atoms with Gasteiger partial charge in [-0.1, -0.05) is 65.5 Å². The van der Waals surface area contributed by atoms with Gasteiger partial charge in [0.05, 0.1) is 18.8 Å². The van der Waals surface area contributed by atoms with Crippen LogP contribution in [-0.2, 0) is 14.0 Å². The van der Waals surface area contributed by atoms with Gasteiger partial charge in [0.25, 0.3) is 0 Å². The van der Waals surface area contributed by atoms with Gasteiger partial charge in [-0.2, -0.15) is 0 Å². The fraction of sp³-hybridized carbons (Fsp3) is 0.880. The highest BCUT2D eigenvalue weighted by molar-refractivity contribution is 6.74. The molecule has 0 heterocycles. The number of unbranched alkanes of at least 4 members (excludes halogenated alkanes) is 2. The Morgan fingerprint density at radius 1 is 1.27 bits per heavy atom. The maximum Gasteiger partial charge on any atom is 0.305 e. The third-order valence-electron chi connectivity index (χ3n) is 7.05. The van der Waals surface area contributed by atoms with E-state index >= 15 is 0 Å². The molecule has 1 aliphatic rings. The summed E-state index contributed by atoms with van der Waals surface area (Å²) in [5.74, 6) is 0.196. The highest BCUT2D eigenvalue weighted by Crippen LogP contribution is 2.39. The van der Waals surface area contributed by atoms with E-state index in [4.69, 9.17) is 9.16 Å². The normalized spacial score (nSPS) is 24.2. The summed E-state index contributed by atoms with van der Waals surface area (Å²) in [4.78, 5) is 11.4. The van der Waals surface area contributed by atoms with Gasteiger partial charge in [0, 0.05) is 6.42 Å². The molecule has 0 radical (unpaired) electrons. The van der Waals surface area contributed by atoms with Crippen LogP contribution < -0.4 is 0 Å². The van der Waals surface area contributed by atoms with Crippen LogP contribution in [0.4, 0.5) is 0 Å². The molecule has 3 atom stereocenters. The molecule has 0 aromatic heterocycles. The highest BCUT2D eigenvalue weighted by Gasteiger charge is 2.39. The van der Waals surface area contributed by atoms with Crippen molar-refractivity contribution in [3.05, 3.63) is 12.2 Å². The number of methoxy groups -OCH3 is 1. The summed E-state index contributed by atoms with van der Waals surface area (Å²) in [5.41, 5.74) is -0.653. The molecule has 0 bridgehead atoms. The van der Waals surface area contributed by atoms with Crippen LogP contribution in [0.5, 0.6) is 0 Å². The van der Waals surface area contributed by atoms with E-state index in [0.717, 1.165) is 32.1 Å². The lowest BCUT2D eigenvalue weighted by atomic mass is 9.75. The Labute approximate surface area is 186 Å². The summed E-state index contributed by atoms with van der Waals surface area (Å²) in [7, 11) is -0.402. The second kappa shape index (κ2) is 12.4. The molecule has 0 saturated heterocycles. The molecular formula is C25H48O4Si. The van der Waals surface area contributed by atoms with Crippen LogP contribution in [0.1, 0.15) is 98.3 Å². The van der Waals surface area contributed by atoms with E-state index in [0.29, 0.717) is 25.2 Å². The Bertz CT molecular complexity index is 538. The van der Waals surface area contributed by atoms with E-state index < -0.39 is 13.9 Å². The van der Waals surface area contributed by atoms with Crippen molar-refractivity contribution in [1.82, 2.24) is 0 Å². The Morgan fingerprint density at radius 3 is 2.57 bits per heavy atom. The van der Waals surface area contributed by atoms with Gasteiger partial charge < -0.3 is 14.3 Å². The van der Waals surface area contributed by atoms with Crippen molar-refractivity contribution in [3.8, 4) is 0 Å². The number of hydrogen-bond donors (Lipinski definition) is 1. The Hall–Kier alpha value is -0.653. The summed E-state index contributed by atoms with van der Waals surface area (Å²) in [6.45, 7) is 13.8. The topological polar surface area (TPSA) is 55.8 Å². The first-order valence-electron chi connectivity index (χ1n) is 12.1. The maximum atomic E-state index is 11.4. The molecule has 1 N–H and O–H groups in total. The van der Waals surface area contributed by atoms with Crippen molar-refractivity contribution in [3.63, 3.8) is 0 Å². The summed E-state index contributed by atoms with van der Waals surface area (Å²) in [6.07, 6.45) is 15.0. The smallest absolute Gasteiger partial charge is 0.305 e. The van der Waals surface area contributed by atoms with E-state index in [1.54, 1.807) is 0 Å². The number of esters is 1. The van der Waals surface area contributed by atoms with Crippen molar-refractivity contribution in [1.29, 1.82) is 0 Å². The van der Waals surface area contributed by atoms with E-state index in [2.05, 4.69) is 52.9 Å². The second-order valence-corrected chi connectivity index (χ2v) is 15.6. The van der Waals surface area contributed by atoms with E-state index in [-0.39, 0.29) is 17.1 Å². The molecule has 0 aromatic rings. The van der Waals surface area contributed by atoms with Crippen molar-refractivity contribution < 1.29 is 19.1 Å².